The van der Waals surface area contributed by atoms with Crippen molar-refractivity contribution < 1.29 is 42.1 Å². The number of carbonyl (C=O) groups is 3. The first-order valence-corrected chi connectivity index (χ1v) is 10.1. The summed E-state index contributed by atoms with van der Waals surface area (Å²) in [6.45, 7) is 3.79. The summed E-state index contributed by atoms with van der Waals surface area (Å²) in [6, 6.07) is 3.49. The monoisotopic (exact) mass is 459 g/mol. The number of carboxylic acid groups (broad SMARTS) is 1. The van der Waals surface area contributed by atoms with Gasteiger partial charge in [0.05, 0.1) is 30.8 Å². The van der Waals surface area contributed by atoms with Crippen LogP contribution in [-0.4, -0.2) is 84.5 Å². The van der Waals surface area contributed by atoms with Crippen LogP contribution in [0.1, 0.15) is 16.8 Å². The van der Waals surface area contributed by atoms with Gasteiger partial charge in [-0.25, -0.2) is 4.79 Å². The first-order valence-electron chi connectivity index (χ1n) is 10.1. The number of hydrogen-bond acceptors (Lipinski definition) is 6. The summed E-state index contributed by atoms with van der Waals surface area (Å²) in [5.74, 6) is -2.15. The van der Waals surface area contributed by atoms with Gasteiger partial charge in [0.15, 0.2) is 0 Å². The minimum absolute atomic E-state index is 0.00237. The van der Waals surface area contributed by atoms with Gasteiger partial charge in [-0.2, -0.15) is 13.2 Å². The van der Waals surface area contributed by atoms with Crippen LogP contribution in [0.25, 0.3) is 0 Å². The largest absolute Gasteiger partial charge is 0.490 e. The van der Waals surface area contributed by atoms with Crippen molar-refractivity contribution in [1.29, 1.82) is 0 Å². The summed E-state index contributed by atoms with van der Waals surface area (Å²) in [4.78, 5) is 39.5. The molecule has 0 aromatic carbocycles. The number of pyridine rings is 1. The Hall–Kier alpha value is -2.73. The Kier molecular flexibility index (Phi) is 7.67. The zero-order valence-corrected chi connectivity index (χ0v) is 17.1. The van der Waals surface area contributed by atoms with E-state index in [4.69, 9.17) is 19.4 Å². The third-order valence-electron chi connectivity index (χ3n) is 5.72. The molecule has 12 heteroatoms. The molecule has 176 valence electrons. The van der Waals surface area contributed by atoms with E-state index in [0.29, 0.717) is 50.9 Å². The fourth-order valence-corrected chi connectivity index (χ4v) is 4.00. The number of amides is 2. The van der Waals surface area contributed by atoms with Gasteiger partial charge in [0.25, 0.3) is 5.91 Å². The van der Waals surface area contributed by atoms with Crippen molar-refractivity contribution >= 4 is 17.8 Å². The number of halogens is 3. The number of carbonyl (C=O) groups excluding carboxylic acids is 2. The second kappa shape index (κ2) is 10.3. The van der Waals surface area contributed by atoms with Crippen LogP contribution in [0, 0.1) is 17.8 Å². The van der Waals surface area contributed by atoms with Gasteiger partial charge in [-0.15, -0.1) is 0 Å². The molecule has 3 fully saturated rings. The molecule has 32 heavy (non-hydrogen) atoms. The number of alkyl halides is 3. The van der Waals surface area contributed by atoms with Crippen LogP contribution in [-0.2, 0) is 19.1 Å². The van der Waals surface area contributed by atoms with E-state index in [2.05, 4.69) is 10.3 Å². The lowest BCUT2D eigenvalue weighted by Gasteiger charge is -2.22. The number of nitrogens with zero attached hydrogens (tertiary/aromatic N) is 2. The minimum Gasteiger partial charge on any atom is -0.475 e. The lowest BCUT2D eigenvalue weighted by molar-refractivity contribution is -0.192. The zero-order valence-electron chi connectivity index (χ0n) is 17.1. The molecule has 1 unspecified atom stereocenters. The first-order chi connectivity index (χ1) is 15.2. The molecule has 0 spiro atoms. The molecular formula is C20H24F3N3O6. The summed E-state index contributed by atoms with van der Waals surface area (Å²) >= 11 is 0. The number of likely N-dealkylation sites (tertiary alicyclic amines) is 1. The van der Waals surface area contributed by atoms with Crippen LogP contribution in [0.3, 0.4) is 0 Å². The number of hydrogen-bond donors (Lipinski definition) is 2. The molecule has 1 aromatic rings. The maximum atomic E-state index is 12.6. The van der Waals surface area contributed by atoms with Crippen LogP contribution in [0.15, 0.2) is 24.5 Å². The molecule has 0 saturated carbocycles. The predicted octanol–water partition coefficient (Wildman–Crippen LogP) is 0.955. The van der Waals surface area contributed by atoms with E-state index in [1.165, 1.54) is 0 Å². The molecular weight excluding hydrogens is 435 g/mol. The fourth-order valence-electron chi connectivity index (χ4n) is 4.00. The van der Waals surface area contributed by atoms with E-state index in [1.807, 2.05) is 4.90 Å². The van der Waals surface area contributed by atoms with E-state index in [1.54, 1.807) is 24.5 Å². The Morgan fingerprint density at radius 3 is 2.59 bits per heavy atom. The molecule has 3 aliphatic heterocycles. The standard InChI is InChI=1S/C18H23N3O4.C2HF3O2/c22-17(12-2-1-4-19-6-12)20-7-14-11-25-16-9-21(8-15(14)16)18(23)13-3-5-24-10-13;3-2(4,5)1(6)7/h1-2,4,6,13-16H,3,5,7-11H2,(H,20,22);(H,6,7)/t13?,14-,15+,16+;/m0./s1. The van der Waals surface area contributed by atoms with Crippen molar-refractivity contribution in [2.75, 3.05) is 39.5 Å². The third kappa shape index (κ3) is 5.94. The highest BCUT2D eigenvalue weighted by Crippen LogP contribution is 2.34. The number of aliphatic carboxylic acids is 1. The highest BCUT2D eigenvalue weighted by atomic mass is 19.4. The second-order valence-electron chi connectivity index (χ2n) is 7.85. The SMILES string of the molecule is O=C(NC[C@H]1CO[C@@H]2CN(C(=O)C3CCOC3)C[C@H]12)c1cccnc1.O=C(O)C(F)(F)F. The van der Waals surface area contributed by atoms with E-state index in [-0.39, 0.29) is 29.8 Å². The molecule has 4 rings (SSSR count). The van der Waals surface area contributed by atoms with Crippen LogP contribution < -0.4 is 5.32 Å². The molecule has 3 aliphatic rings. The topological polar surface area (TPSA) is 118 Å². The van der Waals surface area contributed by atoms with Gasteiger partial charge in [0, 0.05) is 50.5 Å². The summed E-state index contributed by atoms with van der Waals surface area (Å²) < 4.78 is 42.9. The maximum Gasteiger partial charge on any atom is 0.490 e. The number of aromatic nitrogens is 1. The molecule has 4 atom stereocenters. The average Bonchev–Trinajstić information content (AvgIpc) is 3.50. The van der Waals surface area contributed by atoms with Crippen LogP contribution >= 0.6 is 0 Å². The van der Waals surface area contributed by atoms with Crippen LogP contribution in [0.4, 0.5) is 13.2 Å². The summed E-state index contributed by atoms with van der Waals surface area (Å²) in [7, 11) is 0. The zero-order chi connectivity index (χ0) is 23.3. The van der Waals surface area contributed by atoms with Crippen LogP contribution in [0.2, 0.25) is 0 Å². The lowest BCUT2D eigenvalue weighted by atomic mass is 9.93. The van der Waals surface area contributed by atoms with Gasteiger partial charge in [0.1, 0.15) is 0 Å². The summed E-state index contributed by atoms with van der Waals surface area (Å²) in [5, 5.41) is 10.1. The van der Waals surface area contributed by atoms with Crippen molar-refractivity contribution in [2.24, 2.45) is 17.8 Å². The number of fused-ring (bicyclic) bond motifs is 1. The normalized spacial score (nSPS) is 26.8. The van der Waals surface area contributed by atoms with Crippen molar-refractivity contribution in [3.8, 4) is 0 Å². The van der Waals surface area contributed by atoms with Crippen molar-refractivity contribution in [3.63, 3.8) is 0 Å². The summed E-state index contributed by atoms with van der Waals surface area (Å²) in [6.07, 6.45) is -0.975. The fraction of sp³-hybridized carbons (Fsp3) is 0.600. The predicted molar refractivity (Wildman–Crippen MR) is 102 cm³/mol. The Bertz CT molecular complexity index is 817. The molecule has 3 saturated heterocycles. The molecule has 2 N–H and O–H groups in total. The average molecular weight is 459 g/mol. The molecule has 4 heterocycles. The Balaban J connectivity index is 0.000000360. The van der Waals surface area contributed by atoms with Gasteiger partial charge in [0.2, 0.25) is 5.91 Å². The number of carboxylic acids is 1. The Morgan fingerprint density at radius 2 is 2.00 bits per heavy atom. The second-order valence-corrected chi connectivity index (χ2v) is 7.85. The van der Waals surface area contributed by atoms with Gasteiger partial charge < -0.3 is 24.8 Å². The smallest absolute Gasteiger partial charge is 0.475 e. The van der Waals surface area contributed by atoms with Gasteiger partial charge in [-0.3, -0.25) is 14.6 Å². The molecule has 0 bridgehead atoms. The molecule has 2 amide bonds. The van der Waals surface area contributed by atoms with Gasteiger partial charge in [-0.1, -0.05) is 0 Å². The number of nitrogens with one attached hydrogen (secondary N) is 1. The van der Waals surface area contributed by atoms with Gasteiger partial charge >= 0.3 is 12.1 Å². The minimum atomic E-state index is -5.08. The lowest BCUT2D eigenvalue weighted by Crippen LogP contribution is -2.38. The van der Waals surface area contributed by atoms with E-state index < -0.39 is 12.1 Å². The van der Waals surface area contributed by atoms with Crippen molar-refractivity contribution in [2.45, 2.75) is 18.7 Å². The first kappa shape index (κ1) is 23.9. The molecule has 9 nitrogen and oxygen atoms in total. The Morgan fingerprint density at radius 1 is 1.25 bits per heavy atom. The van der Waals surface area contributed by atoms with Gasteiger partial charge in [-0.05, 0) is 18.6 Å². The van der Waals surface area contributed by atoms with Crippen LogP contribution in [0.5, 0.6) is 0 Å². The Labute approximate surface area is 181 Å². The van der Waals surface area contributed by atoms with Crippen molar-refractivity contribution in [1.82, 2.24) is 15.2 Å². The molecule has 1 aromatic heterocycles. The van der Waals surface area contributed by atoms with E-state index in [9.17, 15) is 22.8 Å². The van der Waals surface area contributed by atoms with E-state index >= 15 is 0 Å². The molecule has 0 aliphatic carbocycles. The highest BCUT2D eigenvalue weighted by molar-refractivity contribution is 5.93. The third-order valence-corrected chi connectivity index (χ3v) is 5.72. The van der Waals surface area contributed by atoms with Crippen molar-refractivity contribution in [3.05, 3.63) is 30.1 Å². The molecule has 0 radical (unpaired) electrons. The van der Waals surface area contributed by atoms with E-state index in [0.717, 1.165) is 6.42 Å². The quantitative estimate of drug-likeness (QED) is 0.689. The summed E-state index contributed by atoms with van der Waals surface area (Å²) in [5.41, 5.74) is 0.558. The highest BCUT2D eigenvalue weighted by Gasteiger charge is 2.46. The number of rotatable bonds is 4. The maximum absolute atomic E-state index is 12.6. The number of ether oxygens (including phenoxy) is 2.